The Morgan fingerprint density at radius 2 is 2.20 bits per heavy atom. The summed E-state index contributed by atoms with van der Waals surface area (Å²) >= 11 is 1.77. The summed E-state index contributed by atoms with van der Waals surface area (Å²) in [6.45, 7) is 0.500. The van der Waals surface area contributed by atoms with Gasteiger partial charge in [-0.25, -0.2) is 9.18 Å². The lowest BCUT2D eigenvalue weighted by atomic mass is 10.2. The molecule has 5 heteroatoms. The smallest absolute Gasteiger partial charge is 0.339 e. The van der Waals surface area contributed by atoms with E-state index in [1.165, 1.54) is 25.3 Å². The maximum atomic E-state index is 13.1. The quantitative estimate of drug-likeness (QED) is 0.484. The predicted octanol–water partition coefficient (Wildman–Crippen LogP) is 2.23. The number of halogens is 2. The fraction of sp³-hybridized carbons (Fsp3) is 0.300. The topological polar surface area (TPSA) is 35.5 Å². The van der Waals surface area contributed by atoms with Gasteiger partial charge in [-0.2, -0.15) is 0 Å². The van der Waals surface area contributed by atoms with E-state index in [1.54, 1.807) is 22.6 Å². The van der Waals surface area contributed by atoms with Gasteiger partial charge in [0, 0.05) is 7.11 Å². The van der Waals surface area contributed by atoms with E-state index in [0.717, 1.165) is 0 Å². The van der Waals surface area contributed by atoms with Gasteiger partial charge in [0.05, 0.1) is 15.7 Å². The molecule has 0 amide bonds. The first kappa shape index (κ1) is 12.4. The molecule has 0 unspecified atom stereocenters. The highest BCUT2D eigenvalue weighted by Crippen LogP contribution is 2.16. The second-order valence-electron chi connectivity index (χ2n) is 2.73. The van der Waals surface area contributed by atoms with Crippen LogP contribution in [0.2, 0.25) is 0 Å². The van der Waals surface area contributed by atoms with Crippen molar-refractivity contribution in [1.82, 2.24) is 0 Å². The molecule has 1 aromatic rings. The van der Waals surface area contributed by atoms with Crippen LogP contribution in [0.25, 0.3) is 0 Å². The highest BCUT2D eigenvalue weighted by atomic mass is 127. The molecule has 0 N–H and O–H groups in total. The fourth-order valence-corrected chi connectivity index (χ4v) is 1.54. The Hall–Kier alpha value is -0.690. The van der Waals surface area contributed by atoms with E-state index < -0.39 is 11.8 Å². The minimum Gasteiger partial charge on any atom is -0.460 e. The summed E-state index contributed by atoms with van der Waals surface area (Å²) in [4.78, 5) is 11.4. The number of carbonyl (C=O) groups excluding carboxylic acids is 1. The summed E-state index contributed by atoms with van der Waals surface area (Å²) < 4.78 is 23.0. The Balaban J connectivity index is 2.69. The number of benzene rings is 1. The van der Waals surface area contributed by atoms with E-state index in [1.807, 2.05) is 0 Å². The van der Waals surface area contributed by atoms with Crippen molar-refractivity contribution in [2.24, 2.45) is 0 Å². The van der Waals surface area contributed by atoms with E-state index in [2.05, 4.69) is 0 Å². The van der Waals surface area contributed by atoms with Crippen LogP contribution in [0.5, 0.6) is 0 Å². The van der Waals surface area contributed by atoms with E-state index in [9.17, 15) is 9.18 Å². The van der Waals surface area contributed by atoms with E-state index in [4.69, 9.17) is 9.47 Å². The van der Waals surface area contributed by atoms with Crippen molar-refractivity contribution in [2.75, 3.05) is 20.3 Å². The molecule has 0 saturated heterocycles. The molecule has 0 aliphatic rings. The van der Waals surface area contributed by atoms with Gasteiger partial charge >= 0.3 is 5.97 Å². The zero-order valence-electron chi connectivity index (χ0n) is 8.13. The van der Waals surface area contributed by atoms with Crippen molar-refractivity contribution in [3.8, 4) is 0 Å². The number of esters is 1. The van der Waals surface area contributed by atoms with Crippen molar-refractivity contribution in [3.05, 3.63) is 33.1 Å². The van der Waals surface area contributed by atoms with E-state index in [0.29, 0.717) is 6.61 Å². The SMILES string of the molecule is COCCOC(=O)c1cccc(F)c1I. The molecule has 0 aliphatic heterocycles. The summed E-state index contributed by atoms with van der Waals surface area (Å²) in [6.07, 6.45) is 0. The molecule has 3 nitrogen and oxygen atoms in total. The molecule has 15 heavy (non-hydrogen) atoms. The third-order valence-corrected chi connectivity index (χ3v) is 2.79. The first-order chi connectivity index (χ1) is 7.16. The Kier molecular flexibility index (Phi) is 4.97. The lowest BCUT2D eigenvalue weighted by Crippen LogP contribution is -2.11. The monoisotopic (exact) mass is 324 g/mol. The number of hydrogen-bond acceptors (Lipinski definition) is 3. The number of rotatable bonds is 4. The predicted molar refractivity (Wildman–Crippen MR) is 61.3 cm³/mol. The van der Waals surface area contributed by atoms with Gasteiger partial charge in [-0.05, 0) is 34.7 Å². The molecule has 0 spiro atoms. The zero-order chi connectivity index (χ0) is 11.3. The number of ether oxygens (including phenoxy) is 2. The van der Waals surface area contributed by atoms with Crippen LogP contribution in [-0.2, 0) is 9.47 Å². The van der Waals surface area contributed by atoms with E-state index >= 15 is 0 Å². The minimum absolute atomic E-state index is 0.169. The summed E-state index contributed by atoms with van der Waals surface area (Å²) in [5, 5.41) is 0. The van der Waals surface area contributed by atoms with Gasteiger partial charge in [0.25, 0.3) is 0 Å². The largest absolute Gasteiger partial charge is 0.460 e. The maximum absolute atomic E-state index is 13.1. The molecule has 0 aliphatic carbocycles. The Labute approximate surface area is 101 Å². The van der Waals surface area contributed by atoms with Gasteiger partial charge in [-0.3, -0.25) is 0 Å². The molecule has 0 atom stereocenters. The van der Waals surface area contributed by atoms with Crippen molar-refractivity contribution >= 4 is 28.6 Å². The normalized spacial score (nSPS) is 10.1. The van der Waals surface area contributed by atoms with Crippen LogP contribution in [0.4, 0.5) is 4.39 Å². The molecule has 0 fully saturated rings. The van der Waals surface area contributed by atoms with Gasteiger partial charge in [-0.1, -0.05) is 6.07 Å². The Morgan fingerprint density at radius 3 is 2.87 bits per heavy atom. The third kappa shape index (κ3) is 3.42. The first-order valence-electron chi connectivity index (χ1n) is 4.27. The lowest BCUT2D eigenvalue weighted by molar-refractivity contribution is 0.0386. The van der Waals surface area contributed by atoms with Crippen molar-refractivity contribution in [2.45, 2.75) is 0 Å². The van der Waals surface area contributed by atoms with Crippen molar-refractivity contribution in [1.29, 1.82) is 0 Å². The summed E-state index contributed by atoms with van der Waals surface area (Å²) in [6, 6.07) is 4.30. The zero-order valence-corrected chi connectivity index (χ0v) is 10.3. The highest BCUT2D eigenvalue weighted by Gasteiger charge is 2.13. The van der Waals surface area contributed by atoms with Crippen LogP contribution >= 0.6 is 22.6 Å². The van der Waals surface area contributed by atoms with Crippen LogP contribution in [0.15, 0.2) is 18.2 Å². The molecule has 0 aromatic heterocycles. The molecule has 0 saturated carbocycles. The second-order valence-corrected chi connectivity index (χ2v) is 3.81. The van der Waals surface area contributed by atoms with Crippen LogP contribution in [0.1, 0.15) is 10.4 Å². The highest BCUT2D eigenvalue weighted by molar-refractivity contribution is 14.1. The standard InChI is InChI=1S/C10H10FIO3/c1-14-5-6-15-10(13)7-3-2-4-8(11)9(7)12/h2-4H,5-6H2,1H3. The second kappa shape index (κ2) is 6.02. The summed E-state index contributed by atoms with van der Waals surface area (Å²) in [5.41, 5.74) is 0.242. The van der Waals surface area contributed by atoms with Gasteiger partial charge in [-0.15, -0.1) is 0 Å². The molecular weight excluding hydrogens is 314 g/mol. The van der Waals surface area contributed by atoms with Crippen molar-refractivity contribution in [3.63, 3.8) is 0 Å². The van der Waals surface area contributed by atoms with Crippen molar-refractivity contribution < 1.29 is 18.7 Å². The average Bonchev–Trinajstić information content (AvgIpc) is 2.22. The molecule has 0 bridgehead atoms. The molecular formula is C10H10FIO3. The number of methoxy groups -OCH3 is 1. The minimum atomic E-state index is -0.532. The third-order valence-electron chi connectivity index (χ3n) is 1.69. The van der Waals surface area contributed by atoms with Gasteiger partial charge in [0.15, 0.2) is 0 Å². The Bertz CT molecular complexity index is 355. The lowest BCUT2D eigenvalue weighted by Gasteiger charge is -2.05. The number of hydrogen-bond donors (Lipinski definition) is 0. The molecule has 0 radical (unpaired) electrons. The fourth-order valence-electron chi connectivity index (χ4n) is 0.957. The van der Waals surface area contributed by atoms with Crippen LogP contribution in [0.3, 0.4) is 0 Å². The van der Waals surface area contributed by atoms with Crippen LogP contribution in [0, 0.1) is 9.39 Å². The summed E-state index contributed by atoms with van der Waals surface area (Å²) in [7, 11) is 1.51. The van der Waals surface area contributed by atoms with Crippen LogP contribution in [-0.4, -0.2) is 26.3 Å². The van der Waals surface area contributed by atoms with E-state index in [-0.39, 0.29) is 15.7 Å². The molecule has 82 valence electrons. The maximum Gasteiger partial charge on any atom is 0.339 e. The molecule has 1 aromatic carbocycles. The van der Waals surface area contributed by atoms with Gasteiger partial charge < -0.3 is 9.47 Å². The molecule has 1 rings (SSSR count). The number of carbonyl (C=O) groups is 1. The Morgan fingerprint density at radius 1 is 1.47 bits per heavy atom. The first-order valence-corrected chi connectivity index (χ1v) is 5.34. The van der Waals surface area contributed by atoms with Gasteiger partial charge in [0.2, 0.25) is 0 Å². The molecule has 0 heterocycles. The van der Waals surface area contributed by atoms with Crippen LogP contribution < -0.4 is 0 Å². The van der Waals surface area contributed by atoms with Gasteiger partial charge in [0.1, 0.15) is 12.4 Å². The average molecular weight is 324 g/mol. The summed E-state index contributed by atoms with van der Waals surface area (Å²) in [5.74, 6) is -0.951.